The molecule has 1 atom stereocenters. The normalized spacial score (nSPS) is 21.5. The molecule has 0 radical (unpaired) electrons. The maximum Gasteiger partial charge on any atom is 0.325 e. The second-order valence-corrected chi connectivity index (χ2v) is 7.59. The zero-order valence-electron chi connectivity index (χ0n) is 16.4. The number of aryl methyl sites for hydroxylation is 2. The Bertz CT molecular complexity index is 956. The molecule has 2 heterocycles. The number of urea groups is 1. The molecule has 6 heteroatoms. The summed E-state index contributed by atoms with van der Waals surface area (Å²) >= 11 is 0. The highest BCUT2D eigenvalue weighted by molar-refractivity contribution is 6.07. The first-order valence-electron chi connectivity index (χ1n) is 9.49. The molecule has 0 saturated carbocycles. The first-order valence-corrected chi connectivity index (χ1v) is 9.49. The molecule has 1 N–H and O–H groups in total. The van der Waals surface area contributed by atoms with Crippen molar-refractivity contribution in [3.8, 4) is 11.5 Å². The number of benzene rings is 2. The first-order chi connectivity index (χ1) is 13.4. The van der Waals surface area contributed by atoms with Crippen LogP contribution < -0.4 is 14.8 Å². The number of fused-ring (bicyclic) bond motifs is 1. The van der Waals surface area contributed by atoms with Gasteiger partial charge in [0.15, 0.2) is 11.5 Å². The third-order valence-electron chi connectivity index (χ3n) is 5.43. The van der Waals surface area contributed by atoms with Crippen LogP contribution in [0, 0.1) is 13.8 Å². The Morgan fingerprint density at radius 1 is 1.04 bits per heavy atom. The van der Waals surface area contributed by atoms with E-state index in [1.807, 2.05) is 38.1 Å². The highest BCUT2D eigenvalue weighted by Crippen LogP contribution is 2.37. The van der Waals surface area contributed by atoms with Crippen LogP contribution in [0.3, 0.4) is 0 Å². The number of hydrogen-bond acceptors (Lipinski definition) is 4. The Labute approximate surface area is 164 Å². The van der Waals surface area contributed by atoms with Crippen LogP contribution in [0.1, 0.15) is 35.6 Å². The number of carbonyl (C=O) groups is 2. The maximum atomic E-state index is 13.2. The average molecular weight is 380 g/mol. The van der Waals surface area contributed by atoms with E-state index in [1.54, 1.807) is 19.1 Å². The molecule has 0 aliphatic carbocycles. The number of amides is 3. The average Bonchev–Trinajstić information content (AvgIpc) is 2.84. The molecule has 2 aliphatic rings. The van der Waals surface area contributed by atoms with E-state index in [9.17, 15) is 9.59 Å². The molecular weight excluding hydrogens is 356 g/mol. The Morgan fingerprint density at radius 3 is 2.57 bits per heavy atom. The fraction of sp³-hybridized carbons (Fsp3) is 0.364. The number of ether oxygens (including phenoxy) is 2. The number of nitrogens with zero attached hydrogens (tertiary/aromatic N) is 1. The van der Waals surface area contributed by atoms with E-state index in [1.165, 1.54) is 4.90 Å². The SMILES string of the molecule is Cc1ccc(C)c(CN2C(=O)NC(C)(c3ccc4c(c3)OCCCO4)C2=O)c1. The molecule has 0 bridgehead atoms. The van der Waals surface area contributed by atoms with Gasteiger partial charge in [-0.2, -0.15) is 0 Å². The van der Waals surface area contributed by atoms with Gasteiger partial charge in [-0.1, -0.05) is 29.8 Å². The predicted molar refractivity (Wildman–Crippen MR) is 104 cm³/mol. The monoisotopic (exact) mass is 380 g/mol. The zero-order chi connectivity index (χ0) is 19.9. The maximum absolute atomic E-state index is 13.2. The summed E-state index contributed by atoms with van der Waals surface area (Å²) in [7, 11) is 0. The summed E-state index contributed by atoms with van der Waals surface area (Å²) in [5, 5.41) is 2.86. The van der Waals surface area contributed by atoms with Crippen LogP contribution in [-0.4, -0.2) is 30.1 Å². The first kappa shape index (κ1) is 18.3. The molecular formula is C22H24N2O4. The Hall–Kier alpha value is -3.02. The summed E-state index contributed by atoms with van der Waals surface area (Å²) in [6.45, 7) is 7.12. The molecule has 1 saturated heterocycles. The van der Waals surface area contributed by atoms with Crippen molar-refractivity contribution in [1.82, 2.24) is 10.2 Å². The molecule has 28 heavy (non-hydrogen) atoms. The topological polar surface area (TPSA) is 67.9 Å². The lowest BCUT2D eigenvalue weighted by atomic mass is 9.91. The van der Waals surface area contributed by atoms with Crippen molar-refractivity contribution in [1.29, 1.82) is 0 Å². The van der Waals surface area contributed by atoms with E-state index in [0.717, 1.165) is 23.1 Å². The third-order valence-corrected chi connectivity index (χ3v) is 5.43. The van der Waals surface area contributed by atoms with Crippen molar-refractivity contribution >= 4 is 11.9 Å². The third kappa shape index (κ3) is 3.09. The van der Waals surface area contributed by atoms with Gasteiger partial charge in [-0.3, -0.25) is 9.69 Å². The van der Waals surface area contributed by atoms with Gasteiger partial charge in [0.25, 0.3) is 5.91 Å². The van der Waals surface area contributed by atoms with E-state index < -0.39 is 5.54 Å². The smallest absolute Gasteiger partial charge is 0.325 e. The fourth-order valence-electron chi connectivity index (χ4n) is 3.65. The van der Waals surface area contributed by atoms with Gasteiger partial charge in [-0.05, 0) is 49.6 Å². The van der Waals surface area contributed by atoms with Crippen LogP contribution in [0.15, 0.2) is 36.4 Å². The van der Waals surface area contributed by atoms with E-state index in [4.69, 9.17) is 9.47 Å². The van der Waals surface area contributed by atoms with Crippen molar-refractivity contribution in [2.24, 2.45) is 0 Å². The van der Waals surface area contributed by atoms with Crippen molar-refractivity contribution in [2.75, 3.05) is 13.2 Å². The quantitative estimate of drug-likeness (QED) is 0.829. The van der Waals surface area contributed by atoms with E-state index in [0.29, 0.717) is 30.3 Å². The van der Waals surface area contributed by atoms with Gasteiger partial charge in [0.05, 0.1) is 19.8 Å². The molecule has 1 unspecified atom stereocenters. The summed E-state index contributed by atoms with van der Waals surface area (Å²) in [4.78, 5) is 27.2. The predicted octanol–water partition coefficient (Wildman–Crippen LogP) is 3.43. The van der Waals surface area contributed by atoms with Crippen molar-refractivity contribution < 1.29 is 19.1 Å². The minimum Gasteiger partial charge on any atom is -0.490 e. The second-order valence-electron chi connectivity index (χ2n) is 7.59. The number of nitrogens with one attached hydrogen (secondary N) is 1. The molecule has 146 valence electrons. The molecule has 1 fully saturated rings. The number of rotatable bonds is 3. The summed E-state index contributed by atoms with van der Waals surface area (Å²) in [5.74, 6) is 0.994. The van der Waals surface area contributed by atoms with Gasteiger partial charge in [0.2, 0.25) is 0 Å². The molecule has 3 amide bonds. The fourth-order valence-corrected chi connectivity index (χ4v) is 3.65. The number of hydrogen-bond donors (Lipinski definition) is 1. The lowest BCUT2D eigenvalue weighted by molar-refractivity contribution is -0.131. The van der Waals surface area contributed by atoms with Crippen molar-refractivity contribution in [3.63, 3.8) is 0 Å². The standard InChI is InChI=1S/C22H24N2O4/c1-14-5-6-15(2)16(11-14)13-24-20(25)22(3,23-21(24)26)17-7-8-18-19(12-17)28-10-4-9-27-18/h5-8,11-12H,4,9-10,13H2,1-3H3,(H,23,26). The van der Waals surface area contributed by atoms with Gasteiger partial charge in [0, 0.05) is 6.42 Å². The van der Waals surface area contributed by atoms with Crippen LogP contribution in [0.2, 0.25) is 0 Å². The van der Waals surface area contributed by atoms with Crippen LogP contribution in [0.5, 0.6) is 11.5 Å². The summed E-state index contributed by atoms with van der Waals surface area (Å²) in [6.07, 6.45) is 0.806. The Morgan fingerprint density at radius 2 is 1.79 bits per heavy atom. The van der Waals surface area contributed by atoms with Gasteiger partial charge >= 0.3 is 6.03 Å². The number of imide groups is 1. The summed E-state index contributed by atoms with van der Waals surface area (Å²) in [6, 6.07) is 11.1. The molecule has 0 aromatic heterocycles. The Balaban J connectivity index is 1.64. The molecule has 2 aliphatic heterocycles. The molecule has 0 spiro atoms. The van der Waals surface area contributed by atoms with Crippen LogP contribution in [-0.2, 0) is 16.9 Å². The van der Waals surface area contributed by atoms with E-state index in [-0.39, 0.29) is 18.5 Å². The van der Waals surface area contributed by atoms with Crippen molar-refractivity contribution in [3.05, 3.63) is 58.7 Å². The second kappa shape index (κ2) is 6.86. The molecule has 6 nitrogen and oxygen atoms in total. The van der Waals surface area contributed by atoms with Crippen LogP contribution in [0.25, 0.3) is 0 Å². The van der Waals surface area contributed by atoms with Gasteiger partial charge in [0.1, 0.15) is 5.54 Å². The zero-order valence-corrected chi connectivity index (χ0v) is 16.4. The number of carbonyl (C=O) groups excluding carboxylic acids is 2. The summed E-state index contributed by atoms with van der Waals surface area (Å²) < 4.78 is 11.4. The minimum atomic E-state index is -1.14. The molecule has 4 rings (SSSR count). The lowest BCUT2D eigenvalue weighted by Gasteiger charge is -2.23. The Kier molecular flexibility index (Phi) is 4.49. The van der Waals surface area contributed by atoms with E-state index in [2.05, 4.69) is 5.32 Å². The van der Waals surface area contributed by atoms with Gasteiger partial charge in [-0.15, -0.1) is 0 Å². The van der Waals surface area contributed by atoms with Crippen LogP contribution >= 0.6 is 0 Å². The lowest BCUT2D eigenvalue weighted by Crippen LogP contribution is -2.40. The molecule has 2 aromatic rings. The highest BCUT2D eigenvalue weighted by atomic mass is 16.5. The van der Waals surface area contributed by atoms with Gasteiger partial charge < -0.3 is 14.8 Å². The highest BCUT2D eigenvalue weighted by Gasteiger charge is 2.49. The van der Waals surface area contributed by atoms with E-state index >= 15 is 0 Å². The van der Waals surface area contributed by atoms with Gasteiger partial charge in [-0.25, -0.2) is 4.79 Å². The minimum absolute atomic E-state index is 0.248. The largest absolute Gasteiger partial charge is 0.490 e. The molecule has 2 aromatic carbocycles. The van der Waals surface area contributed by atoms with Crippen LogP contribution in [0.4, 0.5) is 4.79 Å². The summed E-state index contributed by atoms with van der Waals surface area (Å²) in [5.41, 5.74) is 2.65. The van der Waals surface area contributed by atoms with Crippen molar-refractivity contribution in [2.45, 2.75) is 39.3 Å².